The minimum Gasteiger partial charge on any atom is -0.379 e. The van der Waals surface area contributed by atoms with Gasteiger partial charge in [-0.05, 0) is 6.92 Å². The number of rotatable bonds is 6. The number of halogens is 1. The first kappa shape index (κ1) is 12.6. The summed E-state index contributed by atoms with van der Waals surface area (Å²) in [4.78, 5) is 23.7. The first-order chi connectivity index (χ1) is 7.65. The van der Waals surface area contributed by atoms with Crippen LogP contribution >= 0.6 is 0 Å². The van der Waals surface area contributed by atoms with Crippen LogP contribution in [0.4, 0.5) is 4.39 Å². The van der Waals surface area contributed by atoms with E-state index in [9.17, 15) is 14.0 Å². The molecule has 0 aromatic carbocycles. The molecule has 0 saturated carbocycles. The summed E-state index contributed by atoms with van der Waals surface area (Å²) in [5, 5.41) is 0. The van der Waals surface area contributed by atoms with Crippen LogP contribution < -0.4 is 11.2 Å². The van der Waals surface area contributed by atoms with Crippen molar-refractivity contribution in [1.29, 1.82) is 0 Å². The molecule has 0 radical (unpaired) electrons. The van der Waals surface area contributed by atoms with E-state index in [-0.39, 0.29) is 6.73 Å². The lowest BCUT2D eigenvalue weighted by molar-refractivity contribution is 0.0201. The van der Waals surface area contributed by atoms with Crippen LogP contribution in [0.15, 0.2) is 15.8 Å². The molecule has 1 rings (SSSR count). The summed E-state index contributed by atoms with van der Waals surface area (Å²) >= 11 is 0. The minimum absolute atomic E-state index is 0.125. The highest BCUT2D eigenvalue weighted by Gasteiger charge is 2.02. The Kier molecular flexibility index (Phi) is 4.87. The molecule has 1 aromatic heterocycles. The van der Waals surface area contributed by atoms with E-state index < -0.39 is 17.1 Å². The van der Waals surface area contributed by atoms with Crippen LogP contribution in [0.5, 0.6) is 0 Å². The molecule has 0 spiro atoms. The van der Waals surface area contributed by atoms with E-state index >= 15 is 0 Å². The van der Waals surface area contributed by atoms with Crippen molar-refractivity contribution in [2.75, 3.05) is 19.8 Å². The first-order valence-electron chi connectivity index (χ1n) is 4.80. The highest BCUT2D eigenvalue weighted by Crippen LogP contribution is 1.86. The zero-order valence-corrected chi connectivity index (χ0v) is 8.86. The van der Waals surface area contributed by atoms with Gasteiger partial charge >= 0.3 is 5.69 Å². The lowest BCUT2D eigenvalue weighted by Gasteiger charge is -2.06. The third-order valence-corrected chi connectivity index (χ3v) is 1.77. The molecule has 90 valence electrons. The van der Waals surface area contributed by atoms with Crippen LogP contribution in [-0.2, 0) is 16.2 Å². The SMILES string of the molecule is CCOCCOCn1cc(F)c(=O)[nH]c1=O. The van der Waals surface area contributed by atoms with E-state index in [1.807, 2.05) is 11.9 Å². The van der Waals surface area contributed by atoms with Gasteiger partial charge in [-0.2, -0.15) is 4.39 Å². The number of H-pyrrole nitrogens is 1. The van der Waals surface area contributed by atoms with Crippen molar-refractivity contribution in [1.82, 2.24) is 9.55 Å². The maximum absolute atomic E-state index is 12.8. The second-order valence-corrected chi connectivity index (χ2v) is 2.94. The fourth-order valence-electron chi connectivity index (χ4n) is 1.00. The molecule has 16 heavy (non-hydrogen) atoms. The predicted octanol–water partition coefficient (Wildman–Crippen LogP) is -0.314. The van der Waals surface area contributed by atoms with Gasteiger partial charge in [-0.1, -0.05) is 0 Å². The number of aromatic nitrogens is 2. The van der Waals surface area contributed by atoms with Crippen molar-refractivity contribution in [3.05, 3.63) is 32.9 Å². The second kappa shape index (κ2) is 6.19. The highest BCUT2D eigenvalue weighted by molar-refractivity contribution is 4.86. The molecule has 0 amide bonds. The smallest absolute Gasteiger partial charge is 0.330 e. The van der Waals surface area contributed by atoms with Gasteiger partial charge in [0.1, 0.15) is 6.73 Å². The van der Waals surface area contributed by atoms with Crippen LogP contribution in [0.25, 0.3) is 0 Å². The number of aromatic amines is 1. The third-order valence-electron chi connectivity index (χ3n) is 1.77. The van der Waals surface area contributed by atoms with Gasteiger partial charge in [0.05, 0.1) is 19.4 Å². The lowest BCUT2D eigenvalue weighted by Crippen LogP contribution is -2.32. The number of nitrogens with one attached hydrogen (secondary N) is 1. The fourth-order valence-corrected chi connectivity index (χ4v) is 1.00. The molecule has 7 heteroatoms. The van der Waals surface area contributed by atoms with Crippen molar-refractivity contribution in [2.45, 2.75) is 13.7 Å². The molecule has 0 fully saturated rings. The molecular weight excluding hydrogens is 219 g/mol. The van der Waals surface area contributed by atoms with Crippen LogP contribution in [0, 0.1) is 5.82 Å². The Morgan fingerprint density at radius 3 is 2.75 bits per heavy atom. The molecule has 1 N–H and O–H groups in total. The number of nitrogens with zero attached hydrogens (tertiary/aromatic N) is 1. The van der Waals surface area contributed by atoms with Crippen molar-refractivity contribution < 1.29 is 13.9 Å². The summed E-state index contributed by atoms with van der Waals surface area (Å²) in [6.07, 6.45) is 0.807. The molecule has 0 unspecified atom stereocenters. The quantitative estimate of drug-likeness (QED) is 0.682. The summed E-state index contributed by atoms with van der Waals surface area (Å²) in [6, 6.07) is 0. The Morgan fingerprint density at radius 2 is 2.06 bits per heavy atom. The summed E-state index contributed by atoms with van der Waals surface area (Å²) < 4.78 is 23.8. The summed E-state index contributed by atoms with van der Waals surface area (Å²) in [6.45, 7) is 3.00. The van der Waals surface area contributed by atoms with Gasteiger partial charge in [0.15, 0.2) is 0 Å². The van der Waals surface area contributed by atoms with Crippen LogP contribution in [0.1, 0.15) is 6.92 Å². The van der Waals surface area contributed by atoms with Gasteiger partial charge in [0, 0.05) is 6.61 Å². The minimum atomic E-state index is -1.03. The normalized spacial score (nSPS) is 10.6. The van der Waals surface area contributed by atoms with E-state index in [0.717, 1.165) is 10.8 Å². The molecular formula is C9H13FN2O4. The number of hydrogen-bond acceptors (Lipinski definition) is 4. The monoisotopic (exact) mass is 232 g/mol. The molecule has 0 saturated heterocycles. The van der Waals surface area contributed by atoms with E-state index in [0.29, 0.717) is 19.8 Å². The molecule has 0 aliphatic carbocycles. The van der Waals surface area contributed by atoms with Crippen LogP contribution in [-0.4, -0.2) is 29.4 Å². The molecule has 1 heterocycles. The van der Waals surface area contributed by atoms with Crippen molar-refractivity contribution in [3.8, 4) is 0 Å². The van der Waals surface area contributed by atoms with Crippen LogP contribution in [0.3, 0.4) is 0 Å². The molecule has 0 atom stereocenters. The molecule has 0 aliphatic rings. The second-order valence-electron chi connectivity index (χ2n) is 2.94. The largest absolute Gasteiger partial charge is 0.379 e. The first-order valence-corrected chi connectivity index (χ1v) is 4.80. The zero-order valence-electron chi connectivity index (χ0n) is 8.86. The van der Waals surface area contributed by atoms with Crippen molar-refractivity contribution in [3.63, 3.8) is 0 Å². The predicted molar refractivity (Wildman–Crippen MR) is 53.7 cm³/mol. The van der Waals surface area contributed by atoms with Gasteiger partial charge in [0.25, 0.3) is 5.56 Å². The van der Waals surface area contributed by atoms with E-state index in [1.165, 1.54) is 0 Å². The number of hydrogen-bond donors (Lipinski definition) is 1. The Hall–Kier alpha value is -1.47. The van der Waals surface area contributed by atoms with Crippen molar-refractivity contribution >= 4 is 0 Å². The van der Waals surface area contributed by atoms with E-state index in [2.05, 4.69) is 0 Å². The van der Waals surface area contributed by atoms with E-state index in [1.54, 1.807) is 0 Å². The Labute approximate surface area is 90.6 Å². The Balaban J connectivity index is 2.51. The van der Waals surface area contributed by atoms with Crippen molar-refractivity contribution in [2.24, 2.45) is 0 Å². The van der Waals surface area contributed by atoms with Crippen LogP contribution in [0.2, 0.25) is 0 Å². The summed E-state index contributed by atoms with van der Waals surface area (Å²) in [5.74, 6) is -1.02. The average molecular weight is 232 g/mol. The van der Waals surface area contributed by atoms with Gasteiger partial charge in [0.2, 0.25) is 5.82 Å². The third kappa shape index (κ3) is 3.59. The van der Waals surface area contributed by atoms with Gasteiger partial charge in [-0.25, -0.2) is 4.79 Å². The fraction of sp³-hybridized carbons (Fsp3) is 0.556. The van der Waals surface area contributed by atoms with Gasteiger partial charge in [-0.15, -0.1) is 0 Å². The maximum atomic E-state index is 12.8. The Morgan fingerprint density at radius 1 is 1.38 bits per heavy atom. The molecule has 1 aromatic rings. The average Bonchev–Trinajstić information content (AvgIpc) is 2.25. The molecule has 6 nitrogen and oxygen atoms in total. The van der Waals surface area contributed by atoms with Gasteiger partial charge < -0.3 is 9.47 Å². The zero-order chi connectivity index (χ0) is 12.0. The summed E-state index contributed by atoms with van der Waals surface area (Å²) in [5.41, 5.74) is -1.74. The molecule has 0 aliphatic heterocycles. The topological polar surface area (TPSA) is 73.3 Å². The number of ether oxygens (including phenoxy) is 2. The lowest BCUT2D eigenvalue weighted by atomic mass is 10.6. The standard InChI is InChI=1S/C9H13FN2O4/c1-2-15-3-4-16-6-12-5-7(10)8(13)11-9(12)14/h5H,2-4,6H2,1H3,(H,11,13,14). The van der Waals surface area contributed by atoms with E-state index in [4.69, 9.17) is 9.47 Å². The Bertz CT molecular complexity index is 440. The van der Waals surface area contributed by atoms with Gasteiger partial charge in [-0.3, -0.25) is 14.3 Å². The molecule has 0 bridgehead atoms. The highest BCUT2D eigenvalue weighted by atomic mass is 19.1. The maximum Gasteiger partial charge on any atom is 0.330 e. The summed E-state index contributed by atoms with van der Waals surface area (Å²) in [7, 11) is 0.